The molecule has 1 fully saturated rings. The highest BCUT2D eigenvalue weighted by atomic mass is 16.5. The van der Waals surface area contributed by atoms with E-state index in [1.54, 1.807) is 28.8 Å². The molecule has 0 aliphatic carbocycles. The Morgan fingerprint density at radius 2 is 1.84 bits per heavy atom. The number of carbonyl (C=O) groups excluding carboxylic acids is 2. The number of benzene rings is 1. The highest BCUT2D eigenvalue weighted by Crippen LogP contribution is 2.14. The van der Waals surface area contributed by atoms with Crippen molar-refractivity contribution in [3.63, 3.8) is 0 Å². The van der Waals surface area contributed by atoms with Crippen molar-refractivity contribution in [1.29, 1.82) is 0 Å². The Morgan fingerprint density at radius 3 is 2.56 bits per heavy atom. The highest BCUT2D eigenvalue weighted by molar-refractivity contribution is 5.92. The van der Waals surface area contributed by atoms with Gasteiger partial charge in [0, 0.05) is 38.9 Å². The fraction of sp³-hybridized carbons (Fsp3) is 0.333. The number of nitrogens with zero attached hydrogens (tertiary/aromatic N) is 5. The number of pyridine rings is 1. The third kappa shape index (κ3) is 5.03. The molecular weight excluding hydrogens is 406 g/mol. The van der Waals surface area contributed by atoms with Crippen molar-refractivity contribution in [3.05, 3.63) is 77.2 Å². The highest BCUT2D eigenvalue weighted by Gasteiger charge is 2.23. The lowest BCUT2D eigenvalue weighted by atomic mass is 10.1. The summed E-state index contributed by atoms with van der Waals surface area (Å²) in [6.07, 6.45) is 3.11. The Morgan fingerprint density at radius 1 is 1.03 bits per heavy atom. The molecule has 1 aliphatic rings. The van der Waals surface area contributed by atoms with Gasteiger partial charge in [0.15, 0.2) is 12.4 Å². The van der Waals surface area contributed by atoms with Gasteiger partial charge in [-0.25, -0.2) is 14.5 Å². The summed E-state index contributed by atoms with van der Waals surface area (Å²) < 4.78 is 6.87. The number of aryl methyl sites for hydroxylation is 1. The van der Waals surface area contributed by atoms with Crippen molar-refractivity contribution < 1.29 is 14.3 Å². The first-order valence-electron chi connectivity index (χ1n) is 10.7. The van der Waals surface area contributed by atoms with E-state index in [2.05, 4.69) is 46.2 Å². The topological polar surface area (TPSA) is 80.6 Å². The summed E-state index contributed by atoms with van der Waals surface area (Å²) in [4.78, 5) is 33.4. The average molecular weight is 434 g/mol. The zero-order chi connectivity index (χ0) is 22.5. The standard InChI is InChI=1S/C24H27N5O3/c1-18-6-5-7-20(14-18)16-27-10-12-28(13-11-27)23(30)17-32-24(31)21-15-26-29(19(21)2)22-8-3-4-9-25-22/h3-9,14-15H,10-13,16-17H2,1-2H3. The first-order valence-corrected chi connectivity index (χ1v) is 10.7. The molecule has 1 amide bonds. The van der Waals surface area contributed by atoms with E-state index < -0.39 is 5.97 Å². The van der Waals surface area contributed by atoms with E-state index in [0.717, 1.165) is 19.6 Å². The van der Waals surface area contributed by atoms with E-state index in [1.165, 1.54) is 17.3 Å². The quantitative estimate of drug-likeness (QED) is 0.556. The van der Waals surface area contributed by atoms with Gasteiger partial charge in [-0.2, -0.15) is 5.10 Å². The smallest absolute Gasteiger partial charge is 0.342 e. The maximum Gasteiger partial charge on any atom is 0.342 e. The number of hydrogen-bond donors (Lipinski definition) is 0. The number of aromatic nitrogens is 3. The van der Waals surface area contributed by atoms with Gasteiger partial charge < -0.3 is 9.64 Å². The lowest BCUT2D eigenvalue weighted by molar-refractivity contribution is -0.136. The Balaban J connectivity index is 1.26. The third-order valence-electron chi connectivity index (χ3n) is 5.64. The monoisotopic (exact) mass is 433 g/mol. The van der Waals surface area contributed by atoms with Crippen LogP contribution in [0.5, 0.6) is 0 Å². The van der Waals surface area contributed by atoms with Crippen LogP contribution in [0.2, 0.25) is 0 Å². The van der Waals surface area contributed by atoms with Crippen LogP contribution in [0, 0.1) is 13.8 Å². The summed E-state index contributed by atoms with van der Waals surface area (Å²) in [6.45, 7) is 7.30. The minimum atomic E-state index is -0.559. The number of ether oxygens (including phenoxy) is 1. The zero-order valence-corrected chi connectivity index (χ0v) is 18.4. The van der Waals surface area contributed by atoms with Crippen molar-refractivity contribution in [1.82, 2.24) is 24.6 Å². The normalized spacial score (nSPS) is 14.4. The average Bonchev–Trinajstić information content (AvgIpc) is 3.19. The summed E-state index contributed by atoms with van der Waals surface area (Å²) in [5.74, 6) is -0.122. The zero-order valence-electron chi connectivity index (χ0n) is 18.4. The number of rotatable bonds is 6. The number of esters is 1. The third-order valence-corrected chi connectivity index (χ3v) is 5.64. The predicted molar refractivity (Wildman–Crippen MR) is 119 cm³/mol. The number of amides is 1. The van der Waals surface area contributed by atoms with Gasteiger partial charge in [-0.3, -0.25) is 9.69 Å². The van der Waals surface area contributed by atoms with Gasteiger partial charge in [-0.05, 0) is 31.5 Å². The van der Waals surface area contributed by atoms with Gasteiger partial charge in [0.1, 0.15) is 5.56 Å². The molecule has 1 aromatic carbocycles. The number of carbonyl (C=O) groups is 2. The van der Waals surface area contributed by atoms with Crippen molar-refractivity contribution >= 4 is 11.9 Å². The second-order valence-corrected chi connectivity index (χ2v) is 7.97. The first kappa shape index (κ1) is 21.7. The fourth-order valence-corrected chi connectivity index (χ4v) is 3.84. The minimum absolute atomic E-state index is 0.177. The summed E-state index contributed by atoms with van der Waals surface area (Å²) in [5, 5.41) is 4.22. The molecule has 32 heavy (non-hydrogen) atoms. The molecule has 166 valence electrons. The number of hydrogen-bond acceptors (Lipinski definition) is 6. The van der Waals surface area contributed by atoms with Crippen molar-refractivity contribution in [2.24, 2.45) is 0 Å². The minimum Gasteiger partial charge on any atom is -0.452 e. The van der Waals surface area contributed by atoms with Crippen LogP contribution >= 0.6 is 0 Å². The van der Waals surface area contributed by atoms with E-state index in [1.807, 2.05) is 12.1 Å². The molecule has 8 heteroatoms. The molecule has 1 aliphatic heterocycles. The maximum atomic E-state index is 12.6. The van der Waals surface area contributed by atoms with Crippen LogP contribution in [-0.4, -0.2) is 69.2 Å². The largest absolute Gasteiger partial charge is 0.452 e. The molecule has 1 saturated heterocycles. The molecule has 0 N–H and O–H groups in total. The second kappa shape index (κ2) is 9.74. The Labute approximate surface area is 187 Å². The van der Waals surface area contributed by atoms with E-state index in [0.29, 0.717) is 30.2 Å². The summed E-state index contributed by atoms with van der Waals surface area (Å²) in [6, 6.07) is 13.9. The van der Waals surface area contributed by atoms with Crippen LogP contribution < -0.4 is 0 Å². The van der Waals surface area contributed by atoms with E-state index in [9.17, 15) is 9.59 Å². The maximum absolute atomic E-state index is 12.6. The summed E-state index contributed by atoms with van der Waals surface area (Å²) in [5.41, 5.74) is 3.47. The Bertz CT molecular complexity index is 1090. The molecular formula is C24H27N5O3. The van der Waals surface area contributed by atoms with Crippen LogP contribution in [-0.2, 0) is 16.1 Å². The second-order valence-electron chi connectivity index (χ2n) is 7.97. The molecule has 0 atom stereocenters. The van der Waals surface area contributed by atoms with Gasteiger partial charge in [0.05, 0.1) is 11.9 Å². The van der Waals surface area contributed by atoms with Crippen molar-refractivity contribution in [2.45, 2.75) is 20.4 Å². The summed E-state index contributed by atoms with van der Waals surface area (Å²) in [7, 11) is 0. The van der Waals surface area contributed by atoms with Crippen LogP contribution in [0.1, 0.15) is 27.2 Å². The van der Waals surface area contributed by atoms with E-state index in [4.69, 9.17) is 4.74 Å². The van der Waals surface area contributed by atoms with Crippen LogP contribution in [0.15, 0.2) is 54.9 Å². The number of piperazine rings is 1. The molecule has 8 nitrogen and oxygen atoms in total. The van der Waals surface area contributed by atoms with Crippen molar-refractivity contribution in [3.8, 4) is 5.82 Å². The predicted octanol–water partition coefficient (Wildman–Crippen LogP) is 2.39. The van der Waals surface area contributed by atoms with E-state index >= 15 is 0 Å². The molecule has 0 unspecified atom stereocenters. The molecule has 0 radical (unpaired) electrons. The summed E-state index contributed by atoms with van der Waals surface area (Å²) >= 11 is 0. The van der Waals surface area contributed by atoms with Crippen LogP contribution in [0.4, 0.5) is 0 Å². The first-order chi connectivity index (χ1) is 15.5. The molecule has 0 saturated carbocycles. The molecule has 3 aromatic rings. The lowest BCUT2D eigenvalue weighted by Crippen LogP contribution is -2.49. The van der Waals surface area contributed by atoms with Gasteiger partial charge in [-0.1, -0.05) is 35.9 Å². The molecule has 0 bridgehead atoms. The van der Waals surface area contributed by atoms with Crippen LogP contribution in [0.3, 0.4) is 0 Å². The van der Waals surface area contributed by atoms with Crippen molar-refractivity contribution in [2.75, 3.05) is 32.8 Å². The molecule has 3 heterocycles. The lowest BCUT2D eigenvalue weighted by Gasteiger charge is -2.34. The van der Waals surface area contributed by atoms with Gasteiger partial charge >= 0.3 is 5.97 Å². The fourth-order valence-electron chi connectivity index (χ4n) is 3.84. The van der Waals surface area contributed by atoms with Crippen LogP contribution in [0.25, 0.3) is 5.82 Å². The van der Waals surface area contributed by atoms with E-state index in [-0.39, 0.29) is 12.5 Å². The SMILES string of the molecule is Cc1cccc(CN2CCN(C(=O)COC(=O)c3cnn(-c4ccccn4)c3C)CC2)c1. The van der Waals surface area contributed by atoms with Gasteiger partial charge in [0.25, 0.3) is 5.91 Å². The Hall–Kier alpha value is -3.52. The van der Waals surface area contributed by atoms with Gasteiger partial charge in [0.2, 0.25) is 0 Å². The molecule has 4 rings (SSSR count). The Kier molecular flexibility index (Phi) is 6.61. The van der Waals surface area contributed by atoms with Gasteiger partial charge in [-0.15, -0.1) is 0 Å². The molecule has 0 spiro atoms. The molecule has 2 aromatic heterocycles.